The lowest BCUT2D eigenvalue weighted by Gasteiger charge is -2.28. The molecule has 4 nitrogen and oxygen atoms in total. The Bertz CT molecular complexity index is 542. The highest BCUT2D eigenvalue weighted by Crippen LogP contribution is 2.30. The van der Waals surface area contributed by atoms with Crippen molar-refractivity contribution in [1.29, 1.82) is 0 Å². The number of amides is 1. The van der Waals surface area contributed by atoms with Gasteiger partial charge in [-0.3, -0.25) is 4.79 Å². The third-order valence-corrected chi connectivity index (χ3v) is 4.06. The monoisotopic (exact) mass is 339 g/mol. The minimum Gasteiger partial charge on any atom is -0.468 e. The van der Waals surface area contributed by atoms with Gasteiger partial charge in [-0.05, 0) is 37.1 Å². The van der Waals surface area contributed by atoms with Crippen LogP contribution in [0, 0.1) is 6.92 Å². The molecule has 1 amide bonds. The summed E-state index contributed by atoms with van der Waals surface area (Å²) in [6.45, 7) is 2.24. The Morgan fingerprint density at radius 3 is 2.85 bits per heavy atom. The van der Waals surface area contributed by atoms with Gasteiger partial charge >= 0.3 is 0 Å². The lowest BCUT2D eigenvalue weighted by atomic mass is 10.0. The van der Waals surface area contributed by atoms with Gasteiger partial charge in [-0.25, -0.2) is 0 Å². The third-order valence-electron chi connectivity index (χ3n) is 3.30. The lowest BCUT2D eigenvalue weighted by molar-refractivity contribution is -0.126. The van der Waals surface area contributed by atoms with E-state index in [1.807, 2.05) is 25.1 Å². The van der Waals surface area contributed by atoms with Crippen molar-refractivity contribution in [3.8, 4) is 5.75 Å². The smallest absolute Gasteiger partial charge is 0.240 e. The Hall–Kier alpha value is -1.33. The van der Waals surface area contributed by atoms with Gasteiger partial charge in [0, 0.05) is 25.4 Å². The summed E-state index contributed by atoms with van der Waals surface area (Å²) >= 11 is 3.38. The number of rotatable bonds is 4. The number of allylic oxidation sites excluding steroid dienone is 1. The normalized spacial score (nSPS) is 19.0. The highest BCUT2D eigenvalue weighted by Gasteiger charge is 2.26. The van der Waals surface area contributed by atoms with Crippen molar-refractivity contribution in [2.45, 2.75) is 18.2 Å². The van der Waals surface area contributed by atoms with Gasteiger partial charge < -0.3 is 14.4 Å². The molecule has 2 rings (SSSR count). The van der Waals surface area contributed by atoms with E-state index in [1.54, 1.807) is 19.1 Å². The maximum Gasteiger partial charge on any atom is 0.240 e. The molecule has 0 N–H and O–H groups in total. The van der Waals surface area contributed by atoms with Crippen molar-refractivity contribution >= 4 is 27.5 Å². The van der Waals surface area contributed by atoms with Crippen LogP contribution in [0.15, 0.2) is 24.3 Å². The number of benzene rings is 1. The van der Waals surface area contributed by atoms with Gasteiger partial charge in [0.2, 0.25) is 5.91 Å². The van der Waals surface area contributed by atoms with Crippen LogP contribution in [0.5, 0.6) is 5.75 Å². The van der Waals surface area contributed by atoms with Gasteiger partial charge in [-0.2, -0.15) is 0 Å². The fourth-order valence-electron chi connectivity index (χ4n) is 2.21. The zero-order valence-electron chi connectivity index (χ0n) is 11.9. The Balaban J connectivity index is 2.27. The zero-order chi connectivity index (χ0) is 14.7. The van der Waals surface area contributed by atoms with Crippen LogP contribution < -0.4 is 4.74 Å². The van der Waals surface area contributed by atoms with Crippen LogP contribution in [0.2, 0.25) is 0 Å². The minimum absolute atomic E-state index is 0.0848. The molecular formula is C15H18BrNO3. The first-order chi connectivity index (χ1) is 9.54. The average Bonchev–Trinajstić information content (AvgIpc) is 2.44. The molecule has 5 heteroatoms. The lowest BCUT2D eigenvalue weighted by Crippen LogP contribution is -2.35. The topological polar surface area (TPSA) is 38.8 Å². The van der Waals surface area contributed by atoms with Gasteiger partial charge in [0.25, 0.3) is 0 Å². The van der Waals surface area contributed by atoms with Crippen LogP contribution in [-0.2, 0) is 9.53 Å². The van der Waals surface area contributed by atoms with Gasteiger partial charge in [0.15, 0.2) is 6.79 Å². The van der Waals surface area contributed by atoms with Crippen LogP contribution in [-0.4, -0.2) is 36.6 Å². The van der Waals surface area contributed by atoms with E-state index in [0.717, 1.165) is 22.6 Å². The van der Waals surface area contributed by atoms with Crippen LogP contribution in [0.25, 0.3) is 5.70 Å². The highest BCUT2D eigenvalue weighted by atomic mass is 79.9. The molecule has 1 aromatic rings. The molecule has 1 atom stereocenters. The second-order valence-corrected chi connectivity index (χ2v) is 5.82. The van der Waals surface area contributed by atoms with Gasteiger partial charge in [-0.1, -0.05) is 22.0 Å². The van der Waals surface area contributed by atoms with Gasteiger partial charge in [0.05, 0.1) is 4.83 Å². The number of methoxy groups -OCH3 is 1. The number of ether oxygens (including phenoxy) is 2. The van der Waals surface area contributed by atoms with E-state index in [4.69, 9.17) is 9.47 Å². The molecule has 0 spiro atoms. The average molecular weight is 340 g/mol. The SMILES string of the molecule is COCOc1ccc(C2=CCC(Br)C(=O)N2C)c(C)c1. The summed E-state index contributed by atoms with van der Waals surface area (Å²) in [7, 11) is 3.39. The van der Waals surface area contributed by atoms with Crippen molar-refractivity contribution in [1.82, 2.24) is 4.90 Å². The van der Waals surface area contributed by atoms with Crippen LogP contribution in [0.3, 0.4) is 0 Å². The fourth-order valence-corrected chi connectivity index (χ4v) is 2.71. The van der Waals surface area contributed by atoms with E-state index in [2.05, 4.69) is 22.0 Å². The van der Waals surface area contributed by atoms with E-state index in [1.165, 1.54) is 0 Å². The summed E-state index contributed by atoms with van der Waals surface area (Å²) in [5.41, 5.74) is 3.06. The maximum absolute atomic E-state index is 12.0. The molecule has 0 saturated carbocycles. The van der Waals surface area contributed by atoms with Gasteiger partial charge in [-0.15, -0.1) is 0 Å². The summed E-state index contributed by atoms with van der Waals surface area (Å²) in [5, 5.41) is 0. The summed E-state index contributed by atoms with van der Waals surface area (Å²) < 4.78 is 10.3. The molecule has 1 aromatic carbocycles. The first kappa shape index (κ1) is 15.1. The summed E-state index contributed by atoms with van der Waals surface area (Å²) in [6.07, 6.45) is 2.79. The second kappa shape index (κ2) is 6.41. The third kappa shape index (κ3) is 3.04. The summed E-state index contributed by atoms with van der Waals surface area (Å²) in [6, 6.07) is 5.82. The Labute approximate surface area is 127 Å². The van der Waals surface area contributed by atoms with E-state index in [0.29, 0.717) is 6.42 Å². The quantitative estimate of drug-likeness (QED) is 0.625. The van der Waals surface area contributed by atoms with E-state index < -0.39 is 0 Å². The standard InChI is InChI=1S/C15H18BrNO3/c1-10-8-11(20-9-19-3)4-5-12(10)14-7-6-13(16)15(18)17(14)2/h4-5,7-8,13H,6,9H2,1-3H3. The fraction of sp³-hybridized carbons (Fsp3) is 0.400. The molecule has 0 aliphatic carbocycles. The molecular weight excluding hydrogens is 322 g/mol. The van der Waals surface area contributed by atoms with Gasteiger partial charge in [0.1, 0.15) is 5.75 Å². The number of carbonyl (C=O) groups excluding carboxylic acids is 1. The van der Waals surface area contributed by atoms with Crippen molar-refractivity contribution < 1.29 is 14.3 Å². The molecule has 0 fully saturated rings. The van der Waals surface area contributed by atoms with Crippen molar-refractivity contribution in [2.24, 2.45) is 0 Å². The molecule has 1 unspecified atom stereocenters. The summed E-state index contributed by atoms with van der Waals surface area (Å²) in [4.78, 5) is 13.6. The molecule has 108 valence electrons. The molecule has 20 heavy (non-hydrogen) atoms. The van der Waals surface area contributed by atoms with E-state index >= 15 is 0 Å². The van der Waals surface area contributed by atoms with Crippen LogP contribution >= 0.6 is 15.9 Å². The van der Waals surface area contributed by atoms with Crippen molar-refractivity contribution in [3.05, 3.63) is 35.4 Å². The molecule has 1 aliphatic rings. The second-order valence-electron chi connectivity index (χ2n) is 4.72. The predicted molar refractivity (Wildman–Crippen MR) is 81.8 cm³/mol. The van der Waals surface area contributed by atoms with Crippen molar-refractivity contribution in [2.75, 3.05) is 21.0 Å². The van der Waals surface area contributed by atoms with E-state index in [9.17, 15) is 4.79 Å². The molecule has 0 radical (unpaired) electrons. The first-order valence-corrected chi connectivity index (χ1v) is 7.30. The molecule has 0 bridgehead atoms. The van der Waals surface area contributed by atoms with Crippen LogP contribution in [0.1, 0.15) is 17.5 Å². The number of nitrogens with zero attached hydrogens (tertiary/aromatic N) is 1. The summed E-state index contributed by atoms with van der Waals surface area (Å²) in [5.74, 6) is 0.846. The Morgan fingerprint density at radius 2 is 2.20 bits per heavy atom. The Kier molecular flexibility index (Phi) is 4.83. The number of carbonyl (C=O) groups is 1. The number of aryl methyl sites for hydroxylation is 1. The zero-order valence-corrected chi connectivity index (χ0v) is 13.4. The molecule has 0 aromatic heterocycles. The molecule has 1 heterocycles. The minimum atomic E-state index is -0.124. The number of halogens is 1. The number of hydrogen-bond acceptors (Lipinski definition) is 3. The van der Waals surface area contributed by atoms with Crippen LogP contribution in [0.4, 0.5) is 0 Å². The largest absolute Gasteiger partial charge is 0.468 e. The predicted octanol–water partition coefficient (Wildman–Crippen LogP) is 2.94. The van der Waals surface area contributed by atoms with Crippen molar-refractivity contribution in [3.63, 3.8) is 0 Å². The number of hydrogen-bond donors (Lipinski definition) is 0. The highest BCUT2D eigenvalue weighted by molar-refractivity contribution is 9.10. The van der Waals surface area contributed by atoms with E-state index in [-0.39, 0.29) is 17.5 Å². The molecule has 1 aliphatic heterocycles. The maximum atomic E-state index is 12.0. The first-order valence-electron chi connectivity index (χ1n) is 6.39. The molecule has 0 saturated heterocycles. The number of alkyl halides is 1. The Morgan fingerprint density at radius 1 is 1.45 bits per heavy atom.